The zero-order valence-corrected chi connectivity index (χ0v) is 17.8. The van der Waals surface area contributed by atoms with Crippen molar-refractivity contribution in [2.75, 3.05) is 11.5 Å². The van der Waals surface area contributed by atoms with Gasteiger partial charge in [-0.15, -0.1) is 0 Å². The molecule has 1 heterocycles. The number of hydrogen-bond donors (Lipinski definition) is 0. The van der Waals surface area contributed by atoms with E-state index in [4.69, 9.17) is 16.3 Å². The zero-order chi connectivity index (χ0) is 21.2. The van der Waals surface area contributed by atoms with E-state index in [-0.39, 0.29) is 24.0 Å². The van der Waals surface area contributed by atoms with Gasteiger partial charge in [-0.3, -0.25) is 4.79 Å². The molecule has 3 rings (SSSR count). The minimum atomic E-state index is -3.19. The minimum Gasteiger partial charge on any atom is -0.481 e. The molecule has 2 aromatic carbocycles. The van der Waals surface area contributed by atoms with Crippen LogP contribution in [0.25, 0.3) is 0 Å². The molecular weight excluding hydrogens is 417 g/mol. The SMILES string of the molecule is Cc1cc(OC(C)C(=O)N(Cc2cccc(F)c2)C2CCS(=O)(=O)C2)ccc1Cl. The number of benzene rings is 2. The number of ether oxygens (including phenoxy) is 1. The first-order valence-electron chi connectivity index (χ1n) is 9.33. The lowest BCUT2D eigenvalue weighted by Gasteiger charge is -2.31. The summed E-state index contributed by atoms with van der Waals surface area (Å²) in [4.78, 5) is 14.7. The molecule has 1 aliphatic rings. The standard InChI is InChI=1S/C21H23ClFNO4S/c1-14-10-19(6-7-20(14)22)28-15(2)21(25)24(18-8-9-29(26,27)13-18)12-16-4-3-5-17(23)11-16/h3-7,10-11,15,18H,8-9,12-13H2,1-2H3. The first kappa shape index (κ1) is 21.6. The quantitative estimate of drug-likeness (QED) is 0.687. The molecule has 0 bridgehead atoms. The molecular formula is C21H23ClFNO4S. The molecule has 1 amide bonds. The third-order valence-electron chi connectivity index (χ3n) is 4.96. The van der Waals surface area contributed by atoms with E-state index in [2.05, 4.69) is 0 Å². The van der Waals surface area contributed by atoms with Gasteiger partial charge in [-0.25, -0.2) is 12.8 Å². The van der Waals surface area contributed by atoms with E-state index >= 15 is 0 Å². The molecule has 0 aromatic heterocycles. The first-order valence-corrected chi connectivity index (χ1v) is 11.5. The molecule has 29 heavy (non-hydrogen) atoms. The molecule has 1 saturated heterocycles. The highest BCUT2D eigenvalue weighted by Crippen LogP contribution is 2.25. The molecule has 1 fully saturated rings. The van der Waals surface area contributed by atoms with Crippen LogP contribution in [0.3, 0.4) is 0 Å². The van der Waals surface area contributed by atoms with Crippen LogP contribution in [0.4, 0.5) is 4.39 Å². The van der Waals surface area contributed by atoms with Crippen molar-refractivity contribution < 1.29 is 22.3 Å². The first-order chi connectivity index (χ1) is 13.6. The van der Waals surface area contributed by atoms with Gasteiger partial charge in [-0.2, -0.15) is 0 Å². The highest BCUT2D eigenvalue weighted by molar-refractivity contribution is 7.91. The summed E-state index contributed by atoms with van der Waals surface area (Å²) in [5.74, 6) is -0.312. The predicted octanol–water partition coefficient (Wildman–Crippen LogP) is 3.77. The second-order valence-corrected chi connectivity index (χ2v) is 9.96. The minimum absolute atomic E-state index is 0.0379. The summed E-state index contributed by atoms with van der Waals surface area (Å²) < 4.78 is 43.3. The Balaban J connectivity index is 1.81. The second-order valence-electron chi connectivity index (χ2n) is 7.32. The molecule has 5 nitrogen and oxygen atoms in total. The molecule has 2 aromatic rings. The van der Waals surface area contributed by atoms with Gasteiger partial charge in [0.25, 0.3) is 5.91 Å². The van der Waals surface area contributed by atoms with Gasteiger partial charge in [0.05, 0.1) is 11.5 Å². The van der Waals surface area contributed by atoms with Gasteiger partial charge in [0.2, 0.25) is 0 Å². The van der Waals surface area contributed by atoms with Crippen LogP contribution < -0.4 is 4.74 Å². The molecule has 156 valence electrons. The number of aryl methyl sites for hydroxylation is 1. The average Bonchev–Trinajstić information content (AvgIpc) is 3.02. The number of amides is 1. The van der Waals surface area contributed by atoms with Crippen LogP contribution in [0, 0.1) is 12.7 Å². The van der Waals surface area contributed by atoms with Crippen molar-refractivity contribution in [3.8, 4) is 5.75 Å². The van der Waals surface area contributed by atoms with Gasteiger partial charge in [0.1, 0.15) is 11.6 Å². The van der Waals surface area contributed by atoms with Crippen LogP contribution in [-0.2, 0) is 21.2 Å². The fourth-order valence-electron chi connectivity index (χ4n) is 3.42. The van der Waals surface area contributed by atoms with Gasteiger partial charge in [0, 0.05) is 17.6 Å². The van der Waals surface area contributed by atoms with E-state index in [1.807, 2.05) is 6.92 Å². The Morgan fingerprint density at radius 1 is 1.31 bits per heavy atom. The van der Waals surface area contributed by atoms with Crippen molar-refractivity contribution in [1.29, 1.82) is 0 Å². The van der Waals surface area contributed by atoms with Crippen LogP contribution >= 0.6 is 11.6 Å². The molecule has 0 spiro atoms. The smallest absolute Gasteiger partial charge is 0.263 e. The highest BCUT2D eigenvalue weighted by atomic mass is 35.5. The lowest BCUT2D eigenvalue weighted by atomic mass is 10.1. The van der Waals surface area contributed by atoms with E-state index in [0.29, 0.717) is 22.8 Å². The van der Waals surface area contributed by atoms with Crippen LogP contribution in [-0.4, -0.2) is 42.9 Å². The van der Waals surface area contributed by atoms with Gasteiger partial charge in [0.15, 0.2) is 15.9 Å². The summed E-state index contributed by atoms with van der Waals surface area (Å²) in [6, 6.07) is 10.6. The molecule has 8 heteroatoms. The molecule has 0 aliphatic carbocycles. The summed E-state index contributed by atoms with van der Waals surface area (Å²) in [7, 11) is -3.19. The fraction of sp³-hybridized carbons (Fsp3) is 0.381. The average molecular weight is 440 g/mol. The van der Waals surface area contributed by atoms with E-state index in [1.54, 1.807) is 37.3 Å². The van der Waals surface area contributed by atoms with E-state index in [0.717, 1.165) is 5.56 Å². The Morgan fingerprint density at radius 2 is 2.07 bits per heavy atom. The molecule has 0 N–H and O–H groups in total. The molecule has 0 radical (unpaired) electrons. The monoisotopic (exact) mass is 439 g/mol. The largest absolute Gasteiger partial charge is 0.481 e. The van der Waals surface area contributed by atoms with Gasteiger partial charge in [-0.1, -0.05) is 23.7 Å². The highest BCUT2D eigenvalue weighted by Gasteiger charge is 2.36. The van der Waals surface area contributed by atoms with Crippen LogP contribution in [0.1, 0.15) is 24.5 Å². The van der Waals surface area contributed by atoms with Crippen molar-refractivity contribution in [1.82, 2.24) is 4.90 Å². The number of sulfone groups is 1. The number of carbonyl (C=O) groups is 1. The molecule has 0 saturated carbocycles. The van der Waals surface area contributed by atoms with Gasteiger partial charge < -0.3 is 9.64 Å². The second kappa shape index (κ2) is 8.71. The molecule has 2 atom stereocenters. The van der Waals surface area contributed by atoms with E-state index < -0.39 is 27.8 Å². The Labute approximate surface area is 175 Å². The Kier molecular flexibility index (Phi) is 6.49. The summed E-state index contributed by atoms with van der Waals surface area (Å²) in [5.41, 5.74) is 1.42. The van der Waals surface area contributed by atoms with Crippen molar-refractivity contribution in [3.05, 3.63) is 64.4 Å². The topological polar surface area (TPSA) is 63.7 Å². The van der Waals surface area contributed by atoms with Crippen LogP contribution in [0.5, 0.6) is 5.75 Å². The summed E-state index contributed by atoms with van der Waals surface area (Å²) >= 11 is 6.03. The lowest BCUT2D eigenvalue weighted by molar-refractivity contribution is -0.140. The summed E-state index contributed by atoms with van der Waals surface area (Å²) in [6.07, 6.45) is -0.483. The summed E-state index contributed by atoms with van der Waals surface area (Å²) in [6.45, 7) is 3.57. The number of carbonyl (C=O) groups excluding carboxylic acids is 1. The molecule has 1 aliphatic heterocycles. The van der Waals surface area contributed by atoms with Crippen LogP contribution in [0.15, 0.2) is 42.5 Å². The maximum Gasteiger partial charge on any atom is 0.263 e. The lowest BCUT2D eigenvalue weighted by Crippen LogP contribution is -2.46. The summed E-state index contributed by atoms with van der Waals surface area (Å²) in [5, 5.41) is 0.597. The Bertz CT molecular complexity index is 1010. The van der Waals surface area contributed by atoms with Gasteiger partial charge >= 0.3 is 0 Å². The van der Waals surface area contributed by atoms with E-state index in [9.17, 15) is 17.6 Å². The Hall–Kier alpha value is -2.12. The number of halogens is 2. The van der Waals surface area contributed by atoms with Crippen molar-refractivity contribution in [2.45, 2.75) is 39.0 Å². The number of nitrogens with zero attached hydrogens (tertiary/aromatic N) is 1. The number of hydrogen-bond acceptors (Lipinski definition) is 4. The third kappa shape index (κ3) is 5.48. The maximum atomic E-state index is 13.6. The fourth-order valence-corrected chi connectivity index (χ4v) is 5.27. The van der Waals surface area contributed by atoms with Crippen LogP contribution in [0.2, 0.25) is 5.02 Å². The van der Waals surface area contributed by atoms with Gasteiger partial charge in [-0.05, 0) is 61.7 Å². The molecule has 2 unspecified atom stereocenters. The normalized spacial score (nSPS) is 19.0. The Morgan fingerprint density at radius 3 is 2.69 bits per heavy atom. The predicted molar refractivity (Wildman–Crippen MR) is 110 cm³/mol. The third-order valence-corrected chi connectivity index (χ3v) is 7.14. The maximum absolute atomic E-state index is 13.6. The number of rotatable bonds is 6. The van der Waals surface area contributed by atoms with Crippen molar-refractivity contribution >= 4 is 27.3 Å². The van der Waals surface area contributed by atoms with E-state index in [1.165, 1.54) is 17.0 Å². The van der Waals surface area contributed by atoms with Crippen molar-refractivity contribution in [2.24, 2.45) is 0 Å². The van der Waals surface area contributed by atoms with Crippen molar-refractivity contribution in [3.63, 3.8) is 0 Å². The zero-order valence-electron chi connectivity index (χ0n) is 16.3.